The van der Waals surface area contributed by atoms with Crippen molar-refractivity contribution in [3.63, 3.8) is 0 Å². The number of allylic oxidation sites excluding steroid dienone is 32. The van der Waals surface area contributed by atoms with E-state index in [1.807, 2.05) is 0 Å². The molecule has 0 aliphatic heterocycles. The topological polar surface area (TPSA) is 231 Å². The van der Waals surface area contributed by atoms with Gasteiger partial charge in [-0.2, -0.15) is 0 Å². The Balaban J connectivity index is 4.65. The zero-order valence-electron chi connectivity index (χ0n) is 77.5. The van der Waals surface area contributed by atoms with Crippen LogP contribution in [0.5, 0.6) is 0 Å². The molecule has 0 aliphatic carbocycles. The first kappa shape index (κ1) is 117. The number of carbonyl (C=O) groups excluding carboxylic acids is 3. The second kappa shape index (κ2) is 95.5. The minimum absolute atomic E-state index is 0.0953. The molecule has 0 fully saturated rings. The van der Waals surface area contributed by atoms with Crippen molar-refractivity contribution in [2.75, 3.05) is 39.6 Å². The number of aliphatic hydroxyl groups is 2. The molecule has 702 valence electrons. The van der Waals surface area contributed by atoms with E-state index < -0.39 is 91.5 Å². The summed E-state index contributed by atoms with van der Waals surface area (Å²) in [4.78, 5) is 59.2. The molecule has 123 heavy (non-hydrogen) atoms. The summed E-state index contributed by atoms with van der Waals surface area (Å²) < 4.78 is 61.6. The van der Waals surface area contributed by atoms with Gasteiger partial charge >= 0.3 is 33.6 Å². The maximum atomic E-state index is 13.1. The van der Waals surface area contributed by atoms with Crippen LogP contribution in [0.15, 0.2) is 194 Å². The van der Waals surface area contributed by atoms with Gasteiger partial charge in [-0.15, -0.1) is 0 Å². The van der Waals surface area contributed by atoms with E-state index in [4.69, 9.17) is 32.3 Å². The van der Waals surface area contributed by atoms with Crippen molar-refractivity contribution in [3.8, 4) is 0 Å². The molecule has 0 aliphatic rings. The van der Waals surface area contributed by atoms with Crippen molar-refractivity contribution in [2.45, 2.75) is 411 Å². The highest BCUT2D eigenvalue weighted by Gasteiger charge is 2.30. The summed E-state index contributed by atoms with van der Waals surface area (Å²) in [5.74, 6) is -1.57. The van der Waals surface area contributed by atoms with Gasteiger partial charge in [-0.25, -0.2) is 9.13 Å². The number of phosphoric ester groups is 2. The third kappa shape index (κ3) is 96.9. The first-order valence-corrected chi connectivity index (χ1v) is 51.7. The van der Waals surface area contributed by atoms with Gasteiger partial charge in [-0.05, 0) is 161 Å². The summed E-state index contributed by atoms with van der Waals surface area (Å²) in [5.41, 5.74) is 0. The average Bonchev–Trinajstić information content (AvgIpc) is 0.891. The lowest BCUT2D eigenvalue weighted by molar-refractivity contribution is -0.161. The third-order valence-corrected chi connectivity index (χ3v) is 22.2. The fraction of sp³-hybridized carbons (Fsp3) is 0.667. The molecule has 5 atom stereocenters. The average molecular weight is 1760 g/mol. The summed E-state index contributed by atoms with van der Waals surface area (Å²) in [7, 11) is -9.82. The molecule has 0 heterocycles. The molecule has 0 aromatic heterocycles. The highest BCUT2D eigenvalue weighted by Crippen LogP contribution is 2.45. The number of phosphoric acid groups is 2. The molecule has 0 aromatic rings. The minimum atomic E-state index is -4.95. The van der Waals surface area contributed by atoms with Crippen LogP contribution in [0.2, 0.25) is 0 Å². The number of rotatable bonds is 91. The first-order valence-electron chi connectivity index (χ1n) is 48.7. The summed E-state index contributed by atoms with van der Waals surface area (Å²) in [6, 6.07) is 0. The van der Waals surface area contributed by atoms with E-state index in [1.54, 1.807) is 0 Å². The first-order chi connectivity index (χ1) is 60.2. The highest BCUT2D eigenvalue weighted by atomic mass is 31.2. The number of aliphatic hydroxyl groups excluding tert-OH is 2. The molecule has 5 unspecified atom stereocenters. The van der Waals surface area contributed by atoms with Gasteiger partial charge in [-0.3, -0.25) is 32.5 Å². The third-order valence-electron chi connectivity index (χ3n) is 20.3. The maximum Gasteiger partial charge on any atom is 0.472 e. The minimum Gasteiger partial charge on any atom is -0.463 e. The smallest absolute Gasteiger partial charge is 0.463 e. The Kier molecular flexibility index (Phi) is 91.1. The molecule has 4 N–H and O–H groups in total. The summed E-state index contributed by atoms with van der Waals surface area (Å²) in [6.07, 6.45) is 128. The van der Waals surface area contributed by atoms with Crippen molar-refractivity contribution in [2.24, 2.45) is 0 Å². The molecule has 0 bridgehead atoms. The lowest BCUT2D eigenvalue weighted by Gasteiger charge is -2.21. The number of unbranched alkanes of at least 4 members (excludes halogenated alkanes) is 36. The number of carbonyl (C=O) groups is 3. The van der Waals surface area contributed by atoms with Crippen LogP contribution in [-0.4, -0.2) is 95.9 Å². The van der Waals surface area contributed by atoms with Gasteiger partial charge in [0.2, 0.25) is 0 Å². The lowest BCUT2D eigenvalue weighted by Crippen LogP contribution is -2.30. The quantitative estimate of drug-likeness (QED) is 0.0146. The standard InChI is InChI=1S/C105H176O16P2/c1-4-7-10-13-16-19-22-25-28-31-34-37-40-43-46-48-49-51-54-55-58-61-64-67-70-73-76-79-82-85-88-91-103(108)115-94-100(106)95-117-122(111,112)118-96-101(107)97-119-123(113,114)120-99-102(121-105(110)93-90-87-84-81-78-75-72-69-66-63-60-57-52-45-42-39-36-33-30-27-24-21-18-15-12-9-6-3)98-116-104(109)92-89-86-83-80-77-74-71-68-65-62-59-56-53-50-47-44-41-38-35-32-29-26-23-20-17-14-11-8-5-2/h7-12,16-21,25-30,34-39,43-47,49,51-52,100-102,106-107H,4-6,13-15,22-24,31-33,40-42,48,50,53-99H2,1-3H3,(H,111,112)(H,113,114)/b10-7-,11-8-,12-9-,19-16-,20-17-,21-18-,28-25-,29-26-,30-27-,37-34-,38-35-,39-36-,46-43-,47-44-,51-49-,52-45-. The fourth-order valence-corrected chi connectivity index (χ4v) is 14.6. The second-order valence-corrected chi connectivity index (χ2v) is 35.0. The van der Waals surface area contributed by atoms with Gasteiger partial charge in [0.15, 0.2) is 6.10 Å². The molecular weight excluding hydrogens is 1580 g/mol. The normalized spacial score (nSPS) is 14.6. The maximum absolute atomic E-state index is 13.1. The van der Waals surface area contributed by atoms with Gasteiger partial charge in [-0.1, -0.05) is 408 Å². The van der Waals surface area contributed by atoms with Crippen LogP contribution >= 0.6 is 15.6 Å². The van der Waals surface area contributed by atoms with Gasteiger partial charge < -0.3 is 34.2 Å². The highest BCUT2D eigenvalue weighted by molar-refractivity contribution is 7.47. The summed E-state index contributed by atoms with van der Waals surface area (Å²) in [5, 5.41) is 20.8. The van der Waals surface area contributed by atoms with Gasteiger partial charge in [0.05, 0.1) is 26.4 Å². The van der Waals surface area contributed by atoms with Crippen molar-refractivity contribution in [1.82, 2.24) is 0 Å². The van der Waals surface area contributed by atoms with Crippen LogP contribution in [0.4, 0.5) is 0 Å². The summed E-state index contributed by atoms with van der Waals surface area (Å²) in [6.45, 7) is 2.39. The Bertz CT molecular complexity index is 3020. The van der Waals surface area contributed by atoms with Crippen LogP contribution in [-0.2, 0) is 55.8 Å². The predicted molar refractivity (Wildman–Crippen MR) is 518 cm³/mol. The molecule has 0 amide bonds. The van der Waals surface area contributed by atoms with E-state index in [-0.39, 0.29) is 19.3 Å². The van der Waals surface area contributed by atoms with Crippen LogP contribution in [0.1, 0.15) is 393 Å². The molecule has 0 spiro atoms. The largest absolute Gasteiger partial charge is 0.472 e. The summed E-state index contributed by atoms with van der Waals surface area (Å²) >= 11 is 0. The van der Waals surface area contributed by atoms with Crippen molar-refractivity contribution in [1.29, 1.82) is 0 Å². The molecule has 0 saturated carbocycles. The number of esters is 3. The zero-order valence-corrected chi connectivity index (χ0v) is 79.3. The molecule has 0 rings (SSSR count). The Morgan fingerprint density at radius 3 is 0.642 bits per heavy atom. The lowest BCUT2D eigenvalue weighted by atomic mass is 10.0. The van der Waals surface area contributed by atoms with E-state index in [1.165, 1.54) is 141 Å². The van der Waals surface area contributed by atoms with E-state index in [9.17, 15) is 43.5 Å². The monoisotopic (exact) mass is 1760 g/mol. The Morgan fingerprint density at radius 1 is 0.228 bits per heavy atom. The molecule has 0 saturated heterocycles. The van der Waals surface area contributed by atoms with E-state index in [2.05, 4.69) is 215 Å². The van der Waals surface area contributed by atoms with E-state index in [0.717, 1.165) is 193 Å². The molecular formula is C105H176O16P2. The Labute approximate surface area is 750 Å². The Hall–Kier alpha value is -5.61. The molecule has 18 heteroatoms. The van der Waals surface area contributed by atoms with Gasteiger partial charge in [0.1, 0.15) is 25.4 Å². The number of hydrogen-bond donors (Lipinski definition) is 4. The van der Waals surface area contributed by atoms with Gasteiger partial charge in [0, 0.05) is 19.3 Å². The molecule has 0 radical (unpaired) electrons. The van der Waals surface area contributed by atoms with Crippen LogP contribution < -0.4 is 0 Å². The van der Waals surface area contributed by atoms with E-state index >= 15 is 0 Å². The number of ether oxygens (including phenoxy) is 3. The van der Waals surface area contributed by atoms with Crippen molar-refractivity contribution in [3.05, 3.63) is 194 Å². The van der Waals surface area contributed by atoms with Crippen LogP contribution in [0.25, 0.3) is 0 Å². The SMILES string of the molecule is CC/C=C\C/C=C\C/C=C\C/C=C\C/C=C\C/C=C\CCCCCCCCCCCCCCC(=O)OCC(O)COP(=O)(O)OCC(O)COP(=O)(O)OCC(COC(=O)CCCCCCCCCCCCCCC/C=C\C/C=C\C/C=C\C/C=C\C/C=C\CC)OC(=O)CCCCCCCCCCCCC/C=C\C/C=C\C/C=C\C/C=C\C/C=C\CC. The fourth-order valence-electron chi connectivity index (χ4n) is 13.0. The zero-order chi connectivity index (χ0) is 89.3. The predicted octanol–water partition coefficient (Wildman–Crippen LogP) is 30.6. The van der Waals surface area contributed by atoms with Crippen molar-refractivity contribution >= 4 is 33.6 Å². The van der Waals surface area contributed by atoms with Crippen LogP contribution in [0.3, 0.4) is 0 Å². The van der Waals surface area contributed by atoms with Crippen molar-refractivity contribution < 1.29 is 75.8 Å². The molecule has 0 aromatic carbocycles. The molecule has 16 nitrogen and oxygen atoms in total. The van der Waals surface area contributed by atoms with Crippen LogP contribution in [0, 0.1) is 0 Å². The second-order valence-electron chi connectivity index (χ2n) is 32.1. The number of hydrogen-bond acceptors (Lipinski definition) is 14. The van der Waals surface area contributed by atoms with E-state index in [0.29, 0.717) is 19.3 Å². The van der Waals surface area contributed by atoms with Gasteiger partial charge in [0.25, 0.3) is 0 Å². The Morgan fingerprint density at radius 2 is 0.407 bits per heavy atom.